The Morgan fingerprint density at radius 1 is 1.47 bits per heavy atom. The van der Waals surface area contributed by atoms with Crippen LogP contribution in [0.1, 0.15) is 65.8 Å². The van der Waals surface area contributed by atoms with Gasteiger partial charge in [-0.05, 0) is 18.8 Å². The molecule has 1 fully saturated rings. The molecular formula is C12H18N2O2S. The lowest BCUT2D eigenvalue weighted by atomic mass is 10.0. The van der Waals surface area contributed by atoms with Gasteiger partial charge in [-0.25, -0.2) is 9.78 Å². The van der Waals surface area contributed by atoms with Gasteiger partial charge in [-0.2, -0.15) is 0 Å². The SMILES string of the molecule is CC(C)c1nc(C2(N)CCCC2)sc1C(=O)O. The standard InChI is InChI=1S/C12H18N2O2S/c1-7(2)8-9(10(15)16)17-11(14-8)12(13)5-3-4-6-12/h7H,3-6,13H2,1-2H3,(H,15,16). The van der Waals surface area contributed by atoms with Crippen molar-refractivity contribution in [3.63, 3.8) is 0 Å². The Balaban J connectivity index is 2.43. The van der Waals surface area contributed by atoms with Gasteiger partial charge in [0.25, 0.3) is 0 Å². The molecule has 0 aromatic carbocycles. The van der Waals surface area contributed by atoms with Crippen LogP contribution in [0.15, 0.2) is 0 Å². The molecule has 94 valence electrons. The summed E-state index contributed by atoms with van der Waals surface area (Å²) in [5.74, 6) is -0.768. The maximum atomic E-state index is 11.2. The highest BCUT2D eigenvalue weighted by Crippen LogP contribution is 2.40. The number of carboxylic acids is 1. The lowest BCUT2D eigenvalue weighted by molar-refractivity contribution is 0.0700. The number of nitrogens with two attached hydrogens (primary N) is 1. The summed E-state index contributed by atoms with van der Waals surface area (Å²) in [4.78, 5) is 16.0. The lowest BCUT2D eigenvalue weighted by Gasteiger charge is -2.19. The van der Waals surface area contributed by atoms with Gasteiger partial charge in [0.1, 0.15) is 9.88 Å². The van der Waals surface area contributed by atoms with Crippen molar-refractivity contribution in [2.75, 3.05) is 0 Å². The molecule has 0 radical (unpaired) electrons. The minimum atomic E-state index is -0.890. The first-order valence-electron chi connectivity index (χ1n) is 5.97. The monoisotopic (exact) mass is 254 g/mol. The molecule has 0 aliphatic heterocycles. The van der Waals surface area contributed by atoms with Crippen molar-refractivity contribution < 1.29 is 9.90 Å². The Labute approximate surface area is 105 Å². The smallest absolute Gasteiger partial charge is 0.347 e. The van der Waals surface area contributed by atoms with E-state index in [1.54, 1.807) is 0 Å². The predicted octanol–water partition coefficient (Wildman–Crippen LogP) is 2.69. The van der Waals surface area contributed by atoms with Crippen LogP contribution >= 0.6 is 11.3 Å². The first-order valence-corrected chi connectivity index (χ1v) is 6.79. The van der Waals surface area contributed by atoms with E-state index in [1.165, 1.54) is 11.3 Å². The van der Waals surface area contributed by atoms with E-state index in [2.05, 4.69) is 4.98 Å². The number of hydrogen-bond donors (Lipinski definition) is 2. The molecule has 1 saturated carbocycles. The summed E-state index contributed by atoms with van der Waals surface area (Å²) >= 11 is 1.26. The third kappa shape index (κ3) is 2.21. The molecule has 1 heterocycles. The lowest BCUT2D eigenvalue weighted by Crippen LogP contribution is -2.32. The Kier molecular flexibility index (Phi) is 3.23. The summed E-state index contributed by atoms with van der Waals surface area (Å²) < 4.78 is 0. The Morgan fingerprint density at radius 3 is 2.47 bits per heavy atom. The van der Waals surface area contributed by atoms with Crippen molar-refractivity contribution in [3.05, 3.63) is 15.6 Å². The number of hydrogen-bond acceptors (Lipinski definition) is 4. The second-order valence-corrected chi connectivity index (χ2v) is 6.06. The molecular weight excluding hydrogens is 236 g/mol. The Morgan fingerprint density at radius 2 is 2.06 bits per heavy atom. The zero-order chi connectivity index (χ0) is 12.6. The van der Waals surface area contributed by atoms with E-state index in [0.717, 1.165) is 30.7 Å². The van der Waals surface area contributed by atoms with Crippen LogP contribution < -0.4 is 5.73 Å². The summed E-state index contributed by atoms with van der Waals surface area (Å²) in [5, 5.41) is 9.99. The number of carboxylic acid groups (broad SMARTS) is 1. The van der Waals surface area contributed by atoms with Crippen molar-refractivity contribution in [2.24, 2.45) is 5.73 Å². The number of aromatic carboxylic acids is 1. The maximum Gasteiger partial charge on any atom is 0.347 e. The molecule has 1 aromatic rings. The van der Waals surface area contributed by atoms with E-state index < -0.39 is 5.97 Å². The second kappa shape index (κ2) is 4.38. The number of carbonyl (C=O) groups is 1. The molecule has 5 heteroatoms. The fraction of sp³-hybridized carbons (Fsp3) is 0.667. The van der Waals surface area contributed by atoms with Crippen molar-refractivity contribution in [2.45, 2.75) is 51.0 Å². The molecule has 0 amide bonds. The summed E-state index contributed by atoms with van der Waals surface area (Å²) in [7, 11) is 0. The quantitative estimate of drug-likeness (QED) is 0.869. The van der Waals surface area contributed by atoms with Gasteiger partial charge in [-0.1, -0.05) is 26.7 Å². The zero-order valence-corrected chi connectivity index (χ0v) is 11.0. The Bertz CT molecular complexity index is 434. The minimum absolute atomic E-state index is 0.121. The molecule has 17 heavy (non-hydrogen) atoms. The molecule has 1 aromatic heterocycles. The van der Waals surface area contributed by atoms with Gasteiger partial charge in [0.05, 0.1) is 11.2 Å². The largest absolute Gasteiger partial charge is 0.477 e. The summed E-state index contributed by atoms with van der Waals surface area (Å²) in [6, 6.07) is 0. The van der Waals surface area contributed by atoms with Crippen LogP contribution in [0.4, 0.5) is 0 Å². The number of thiazole rings is 1. The van der Waals surface area contributed by atoms with Crippen molar-refractivity contribution in [1.29, 1.82) is 0 Å². The number of rotatable bonds is 3. The van der Waals surface area contributed by atoms with Crippen LogP contribution in [0.25, 0.3) is 0 Å². The highest BCUT2D eigenvalue weighted by Gasteiger charge is 2.36. The molecule has 1 aliphatic rings. The number of aromatic nitrogens is 1. The van der Waals surface area contributed by atoms with Gasteiger partial charge in [0, 0.05) is 0 Å². The van der Waals surface area contributed by atoms with E-state index in [9.17, 15) is 9.90 Å². The highest BCUT2D eigenvalue weighted by molar-refractivity contribution is 7.13. The molecule has 4 nitrogen and oxygen atoms in total. The van der Waals surface area contributed by atoms with Gasteiger partial charge < -0.3 is 10.8 Å². The molecule has 0 atom stereocenters. The molecule has 1 aliphatic carbocycles. The van der Waals surface area contributed by atoms with E-state index in [-0.39, 0.29) is 11.5 Å². The van der Waals surface area contributed by atoms with Gasteiger partial charge in [0.15, 0.2) is 0 Å². The minimum Gasteiger partial charge on any atom is -0.477 e. The van der Waals surface area contributed by atoms with Crippen LogP contribution in [-0.2, 0) is 5.54 Å². The fourth-order valence-corrected chi connectivity index (χ4v) is 3.53. The molecule has 0 spiro atoms. The first-order chi connectivity index (χ1) is 7.94. The van der Waals surface area contributed by atoms with Gasteiger partial charge in [0.2, 0.25) is 0 Å². The van der Waals surface area contributed by atoms with Crippen molar-refractivity contribution >= 4 is 17.3 Å². The topological polar surface area (TPSA) is 76.2 Å². The van der Waals surface area contributed by atoms with Crippen LogP contribution in [0.2, 0.25) is 0 Å². The van der Waals surface area contributed by atoms with E-state index >= 15 is 0 Å². The predicted molar refractivity (Wildman–Crippen MR) is 67.5 cm³/mol. The normalized spacial score (nSPS) is 18.8. The van der Waals surface area contributed by atoms with E-state index in [0.29, 0.717) is 10.6 Å². The third-order valence-corrected chi connectivity index (χ3v) is 4.60. The molecule has 0 bridgehead atoms. The average molecular weight is 254 g/mol. The van der Waals surface area contributed by atoms with Gasteiger partial charge in [-0.15, -0.1) is 11.3 Å². The first kappa shape index (κ1) is 12.5. The third-order valence-electron chi connectivity index (χ3n) is 3.32. The van der Waals surface area contributed by atoms with Crippen LogP contribution in [0.5, 0.6) is 0 Å². The van der Waals surface area contributed by atoms with E-state index in [4.69, 9.17) is 5.73 Å². The van der Waals surface area contributed by atoms with Crippen molar-refractivity contribution in [1.82, 2.24) is 4.98 Å². The molecule has 0 saturated heterocycles. The summed E-state index contributed by atoms with van der Waals surface area (Å²) in [6.07, 6.45) is 4.04. The zero-order valence-electron chi connectivity index (χ0n) is 10.2. The molecule has 3 N–H and O–H groups in total. The van der Waals surface area contributed by atoms with Crippen molar-refractivity contribution in [3.8, 4) is 0 Å². The Hall–Kier alpha value is -0.940. The van der Waals surface area contributed by atoms with Gasteiger partial charge >= 0.3 is 5.97 Å². The maximum absolute atomic E-state index is 11.2. The van der Waals surface area contributed by atoms with Crippen LogP contribution in [0, 0.1) is 0 Å². The highest BCUT2D eigenvalue weighted by atomic mass is 32.1. The summed E-state index contributed by atoms with van der Waals surface area (Å²) in [5.41, 5.74) is 6.61. The number of nitrogens with zero attached hydrogens (tertiary/aromatic N) is 1. The van der Waals surface area contributed by atoms with Gasteiger partial charge in [-0.3, -0.25) is 0 Å². The van der Waals surface area contributed by atoms with Crippen LogP contribution in [-0.4, -0.2) is 16.1 Å². The van der Waals surface area contributed by atoms with Crippen LogP contribution in [0.3, 0.4) is 0 Å². The van der Waals surface area contributed by atoms with E-state index in [1.807, 2.05) is 13.8 Å². The molecule has 0 unspecified atom stereocenters. The summed E-state index contributed by atoms with van der Waals surface area (Å²) in [6.45, 7) is 3.92. The average Bonchev–Trinajstić information content (AvgIpc) is 2.83. The second-order valence-electron chi connectivity index (χ2n) is 5.06. The molecule has 2 rings (SSSR count). The fourth-order valence-electron chi connectivity index (χ4n) is 2.31.